The van der Waals surface area contributed by atoms with Crippen LogP contribution in [-0.2, 0) is 11.3 Å². The van der Waals surface area contributed by atoms with E-state index in [1.165, 1.54) is 47.8 Å². The number of piperidine rings is 1. The zero-order valence-electron chi connectivity index (χ0n) is 26.1. The van der Waals surface area contributed by atoms with E-state index in [1.807, 2.05) is 25.7 Å². The minimum atomic E-state index is -0.459. The van der Waals surface area contributed by atoms with Crippen LogP contribution in [0.3, 0.4) is 0 Å². The highest BCUT2D eigenvalue weighted by Gasteiger charge is 2.41. The van der Waals surface area contributed by atoms with Gasteiger partial charge in [-0.25, -0.2) is 9.78 Å². The lowest BCUT2D eigenvalue weighted by Crippen LogP contribution is -2.55. The van der Waals surface area contributed by atoms with Gasteiger partial charge in [0.15, 0.2) is 0 Å². The van der Waals surface area contributed by atoms with Crippen molar-refractivity contribution in [2.45, 2.75) is 89.9 Å². The first-order valence-corrected chi connectivity index (χ1v) is 17.1. The molecule has 6 rings (SSSR count). The summed E-state index contributed by atoms with van der Waals surface area (Å²) < 4.78 is 6.86. The smallest absolute Gasteiger partial charge is 0.410 e. The number of anilines is 2. The molecule has 3 fully saturated rings. The molecule has 9 nitrogen and oxygen atoms in total. The maximum absolute atomic E-state index is 12.5. The summed E-state index contributed by atoms with van der Waals surface area (Å²) in [6.45, 7) is 8.70. The Balaban J connectivity index is 1.02. The third-order valence-electron chi connectivity index (χ3n) is 9.48. The number of likely N-dealkylation sites (tertiary alicyclic amines) is 1. The average molecular weight is 616 g/mol. The summed E-state index contributed by atoms with van der Waals surface area (Å²) in [6.07, 6.45) is 9.58. The number of carbonyl (C=O) groups is 1. The van der Waals surface area contributed by atoms with Gasteiger partial charge in [0, 0.05) is 43.0 Å². The number of nitrogens with zero attached hydrogens (tertiary/aromatic N) is 4. The molecule has 4 atom stereocenters. The summed E-state index contributed by atoms with van der Waals surface area (Å²) in [7, 11) is 0. The summed E-state index contributed by atoms with van der Waals surface area (Å²) in [4.78, 5) is 23.5. The van der Waals surface area contributed by atoms with Crippen LogP contribution in [0, 0.1) is 29.1 Å². The van der Waals surface area contributed by atoms with Gasteiger partial charge in [0.1, 0.15) is 23.1 Å². The molecular weight excluding hydrogens is 570 g/mol. The maximum Gasteiger partial charge on any atom is 0.410 e. The number of ether oxygens (including phenoxy) is 1. The first-order chi connectivity index (χ1) is 21.3. The second-order valence-corrected chi connectivity index (χ2v) is 14.7. The molecule has 3 aromatic rings. The lowest BCUT2D eigenvalue weighted by Gasteiger charge is -2.48. The van der Waals surface area contributed by atoms with E-state index in [9.17, 15) is 10.1 Å². The largest absolute Gasteiger partial charge is 0.444 e. The number of hydrogen-bond acceptors (Lipinski definition) is 9. The van der Waals surface area contributed by atoms with Crippen LogP contribution in [-0.4, -0.2) is 58.3 Å². The molecule has 1 saturated heterocycles. The zero-order chi connectivity index (χ0) is 30.7. The van der Waals surface area contributed by atoms with Gasteiger partial charge in [0.25, 0.3) is 0 Å². The van der Waals surface area contributed by atoms with Crippen molar-refractivity contribution in [2.75, 3.05) is 30.3 Å². The first kappa shape index (κ1) is 30.6. The van der Waals surface area contributed by atoms with Gasteiger partial charge in [0.05, 0.1) is 6.20 Å². The molecule has 1 aliphatic heterocycles. The van der Waals surface area contributed by atoms with Crippen molar-refractivity contribution in [2.24, 2.45) is 17.8 Å². The van der Waals surface area contributed by atoms with Crippen LogP contribution < -0.4 is 16.0 Å². The van der Waals surface area contributed by atoms with Gasteiger partial charge in [-0.05, 0) is 99.4 Å². The fourth-order valence-corrected chi connectivity index (χ4v) is 8.34. The van der Waals surface area contributed by atoms with Crippen molar-refractivity contribution >= 4 is 39.3 Å². The van der Waals surface area contributed by atoms with Crippen LogP contribution in [0.4, 0.5) is 16.6 Å². The average Bonchev–Trinajstić information content (AvgIpc) is 3.48. The number of hydrogen-bond donors (Lipinski definition) is 3. The third-order valence-corrected chi connectivity index (χ3v) is 10.5. The fourth-order valence-electron chi connectivity index (χ4n) is 7.43. The predicted molar refractivity (Wildman–Crippen MR) is 176 cm³/mol. The Morgan fingerprint density at radius 2 is 1.89 bits per heavy atom. The first-order valence-electron chi connectivity index (χ1n) is 16.2. The lowest BCUT2D eigenvalue weighted by molar-refractivity contribution is 0.0171. The van der Waals surface area contributed by atoms with Crippen LogP contribution in [0.25, 0.3) is 10.1 Å². The van der Waals surface area contributed by atoms with E-state index in [4.69, 9.17) is 9.72 Å². The van der Waals surface area contributed by atoms with Crippen molar-refractivity contribution < 1.29 is 9.53 Å². The molecular formula is C34H45N7O2S. The van der Waals surface area contributed by atoms with E-state index in [0.717, 1.165) is 32.5 Å². The third kappa shape index (κ3) is 7.27. The van der Waals surface area contributed by atoms with Crippen molar-refractivity contribution in [3.05, 3.63) is 47.0 Å². The van der Waals surface area contributed by atoms with Crippen molar-refractivity contribution in [3.63, 3.8) is 0 Å². The SMILES string of the molecule is CC(C)(C)OC(=O)N1CCC(N[C@@H]2[C@@H]3CCC[C@H]2CC(CNc2nc(NCc4cccc5ccsc45)ncc2C#N)C3)CC1. The minimum Gasteiger partial charge on any atom is -0.444 e. The predicted octanol–water partition coefficient (Wildman–Crippen LogP) is 6.77. The van der Waals surface area contributed by atoms with Crippen LogP contribution >= 0.6 is 11.3 Å². The number of fused-ring (bicyclic) bond motifs is 3. The second-order valence-electron chi connectivity index (χ2n) is 13.8. The van der Waals surface area contributed by atoms with Gasteiger partial charge in [-0.3, -0.25) is 0 Å². The minimum absolute atomic E-state index is 0.192. The number of aromatic nitrogens is 2. The topological polar surface area (TPSA) is 115 Å². The Morgan fingerprint density at radius 1 is 1.11 bits per heavy atom. The summed E-state index contributed by atoms with van der Waals surface area (Å²) in [5.41, 5.74) is 1.23. The Hall–Kier alpha value is -3.42. The number of rotatable bonds is 8. The number of nitriles is 1. The van der Waals surface area contributed by atoms with Gasteiger partial charge in [-0.2, -0.15) is 10.2 Å². The molecule has 44 heavy (non-hydrogen) atoms. The van der Waals surface area contributed by atoms with E-state index < -0.39 is 5.60 Å². The molecule has 3 aliphatic rings. The Labute approximate surface area is 264 Å². The Bertz CT molecular complexity index is 1470. The summed E-state index contributed by atoms with van der Waals surface area (Å²) in [5, 5.41) is 24.1. The molecule has 10 heteroatoms. The summed E-state index contributed by atoms with van der Waals surface area (Å²) in [5.74, 6) is 3.02. The van der Waals surface area contributed by atoms with Gasteiger partial charge in [-0.1, -0.05) is 24.6 Å². The highest BCUT2D eigenvalue weighted by Crippen LogP contribution is 2.43. The molecule has 2 aliphatic carbocycles. The van der Waals surface area contributed by atoms with E-state index in [1.54, 1.807) is 17.5 Å². The van der Waals surface area contributed by atoms with Gasteiger partial charge < -0.3 is 25.6 Å². The van der Waals surface area contributed by atoms with E-state index in [-0.39, 0.29) is 6.09 Å². The van der Waals surface area contributed by atoms with Crippen molar-refractivity contribution in [3.8, 4) is 6.07 Å². The molecule has 3 N–H and O–H groups in total. The van der Waals surface area contributed by atoms with Gasteiger partial charge >= 0.3 is 6.09 Å². The van der Waals surface area contributed by atoms with Gasteiger partial charge in [-0.15, -0.1) is 11.3 Å². The molecule has 2 bridgehead atoms. The monoisotopic (exact) mass is 615 g/mol. The molecule has 1 amide bonds. The lowest BCUT2D eigenvalue weighted by atomic mass is 9.64. The van der Waals surface area contributed by atoms with Crippen molar-refractivity contribution in [1.29, 1.82) is 5.26 Å². The molecule has 1 unspecified atom stereocenters. The van der Waals surface area contributed by atoms with E-state index in [2.05, 4.69) is 56.6 Å². The summed E-state index contributed by atoms with van der Waals surface area (Å²) >= 11 is 1.74. The normalized spacial score (nSPS) is 24.1. The number of thiophene rings is 1. The highest BCUT2D eigenvalue weighted by atomic mass is 32.1. The maximum atomic E-state index is 12.5. The molecule has 1 aromatic carbocycles. The number of nitrogens with one attached hydrogen (secondary N) is 3. The molecule has 2 saturated carbocycles. The number of carbonyl (C=O) groups excluding carboxylic acids is 1. The quantitative estimate of drug-likeness (QED) is 0.254. The van der Waals surface area contributed by atoms with Crippen LogP contribution in [0.5, 0.6) is 0 Å². The fraction of sp³-hybridized carbons (Fsp3) is 0.588. The molecule has 3 heterocycles. The second kappa shape index (κ2) is 13.3. The van der Waals surface area contributed by atoms with Crippen LogP contribution in [0.2, 0.25) is 0 Å². The molecule has 2 aromatic heterocycles. The number of amides is 1. The Morgan fingerprint density at radius 3 is 2.61 bits per heavy atom. The van der Waals surface area contributed by atoms with E-state index in [0.29, 0.717) is 53.7 Å². The van der Waals surface area contributed by atoms with Crippen molar-refractivity contribution in [1.82, 2.24) is 20.2 Å². The molecule has 0 spiro atoms. The van der Waals surface area contributed by atoms with Crippen LogP contribution in [0.15, 0.2) is 35.8 Å². The zero-order valence-corrected chi connectivity index (χ0v) is 27.0. The standard InChI is InChI=1S/C34H45N7O2S/c1-34(2,3)43-33(42)41-13-10-28(11-14-41)39-29-24-7-5-8-25(29)17-22(16-24)19-36-31-27(18-35)21-38-32(40-31)37-20-26-9-4-6-23-12-15-44-30(23)26/h4,6,9,12,15,21-22,24-25,28-29,39H,5,7-8,10-11,13-14,16-17,19-20H2,1-3H3,(H2,36,37,38,40)/t22?,24-,25+,29-. The van der Waals surface area contributed by atoms with E-state index >= 15 is 0 Å². The van der Waals surface area contributed by atoms with Crippen LogP contribution in [0.1, 0.15) is 76.8 Å². The number of benzene rings is 1. The highest BCUT2D eigenvalue weighted by molar-refractivity contribution is 7.17. The Kier molecular flexibility index (Phi) is 9.24. The molecule has 234 valence electrons. The molecule has 0 radical (unpaired) electrons. The summed E-state index contributed by atoms with van der Waals surface area (Å²) in [6, 6.07) is 11.7. The van der Waals surface area contributed by atoms with Gasteiger partial charge in [0.2, 0.25) is 5.95 Å².